The van der Waals surface area contributed by atoms with Crippen LogP contribution >= 0.6 is 15.9 Å². The third kappa shape index (κ3) is 5.94. The van der Waals surface area contributed by atoms with E-state index in [1.54, 1.807) is 7.11 Å². The Morgan fingerprint density at radius 2 is 2.00 bits per heavy atom. The minimum absolute atomic E-state index is 0.116. The first-order valence-electron chi connectivity index (χ1n) is 10.5. The summed E-state index contributed by atoms with van der Waals surface area (Å²) >= 11 is 3.68. The Morgan fingerprint density at radius 3 is 2.71 bits per heavy atom. The van der Waals surface area contributed by atoms with Gasteiger partial charge in [0.05, 0.1) is 7.11 Å². The molecule has 1 unspecified atom stereocenters. The number of carbonyl (C=O) groups is 1. The highest BCUT2D eigenvalue weighted by molar-refractivity contribution is 9.10. The number of hydrogen-bond acceptors (Lipinski definition) is 4. The van der Waals surface area contributed by atoms with Gasteiger partial charge in [-0.05, 0) is 93.8 Å². The first-order valence-corrected chi connectivity index (χ1v) is 11.3. The SMILES string of the molecule is COc1ccc(Br)c(CC2CCN(CCC3CCCN(C(=O)CO)C3)CC2)c1. The highest BCUT2D eigenvalue weighted by Crippen LogP contribution is 2.29. The summed E-state index contributed by atoms with van der Waals surface area (Å²) in [6, 6.07) is 6.23. The van der Waals surface area contributed by atoms with Crippen molar-refractivity contribution >= 4 is 21.8 Å². The van der Waals surface area contributed by atoms with Crippen molar-refractivity contribution in [1.82, 2.24) is 9.80 Å². The van der Waals surface area contributed by atoms with Crippen LogP contribution in [0.2, 0.25) is 0 Å². The van der Waals surface area contributed by atoms with E-state index >= 15 is 0 Å². The van der Waals surface area contributed by atoms with Gasteiger partial charge in [0.1, 0.15) is 12.4 Å². The lowest BCUT2D eigenvalue weighted by atomic mass is 9.89. The molecule has 2 aliphatic heterocycles. The number of methoxy groups -OCH3 is 1. The van der Waals surface area contributed by atoms with Crippen LogP contribution in [0.1, 0.15) is 37.7 Å². The summed E-state index contributed by atoms with van der Waals surface area (Å²) in [5, 5.41) is 9.07. The van der Waals surface area contributed by atoms with Crippen molar-refractivity contribution in [2.45, 2.75) is 38.5 Å². The van der Waals surface area contributed by atoms with E-state index in [-0.39, 0.29) is 12.5 Å². The minimum Gasteiger partial charge on any atom is -0.497 e. The number of halogens is 1. The molecule has 0 saturated carbocycles. The predicted molar refractivity (Wildman–Crippen MR) is 115 cm³/mol. The smallest absolute Gasteiger partial charge is 0.248 e. The number of likely N-dealkylation sites (tertiary alicyclic amines) is 2. The summed E-state index contributed by atoms with van der Waals surface area (Å²) < 4.78 is 6.54. The van der Waals surface area contributed by atoms with Crippen molar-refractivity contribution in [2.75, 3.05) is 46.4 Å². The molecule has 2 fully saturated rings. The van der Waals surface area contributed by atoms with Crippen LogP contribution in [0.5, 0.6) is 5.75 Å². The largest absolute Gasteiger partial charge is 0.497 e. The van der Waals surface area contributed by atoms with Crippen LogP contribution in [0.25, 0.3) is 0 Å². The number of nitrogens with zero attached hydrogens (tertiary/aromatic N) is 2. The van der Waals surface area contributed by atoms with Gasteiger partial charge in [0.2, 0.25) is 5.91 Å². The van der Waals surface area contributed by atoms with Gasteiger partial charge in [0.25, 0.3) is 0 Å². The molecule has 156 valence electrons. The Labute approximate surface area is 177 Å². The van der Waals surface area contributed by atoms with Gasteiger partial charge in [-0.2, -0.15) is 0 Å². The van der Waals surface area contributed by atoms with Crippen LogP contribution in [0.3, 0.4) is 0 Å². The van der Waals surface area contributed by atoms with Crippen LogP contribution in [0.4, 0.5) is 0 Å². The van der Waals surface area contributed by atoms with Gasteiger partial charge < -0.3 is 19.6 Å². The third-order valence-corrected chi connectivity index (χ3v) is 7.10. The van der Waals surface area contributed by atoms with Crippen LogP contribution < -0.4 is 4.74 Å². The number of ether oxygens (including phenoxy) is 1. The van der Waals surface area contributed by atoms with Crippen molar-refractivity contribution < 1.29 is 14.6 Å². The molecule has 1 aromatic rings. The molecular weight excluding hydrogens is 420 g/mol. The molecule has 28 heavy (non-hydrogen) atoms. The fourth-order valence-corrected chi connectivity index (χ4v) is 4.96. The van der Waals surface area contributed by atoms with Crippen molar-refractivity contribution in [3.63, 3.8) is 0 Å². The van der Waals surface area contributed by atoms with E-state index in [1.807, 2.05) is 11.0 Å². The zero-order valence-corrected chi connectivity index (χ0v) is 18.5. The Bertz CT molecular complexity index is 647. The lowest BCUT2D eigenvalue weighted by Crippen LogP contribution is -2.42. The van der Waals surface area contributed by atoms with Crippen molar-refractivity contribution in [1.29, 1.82) is 0 Å². The summed E-state index contributed by atoms with van der Waals surface area (Å²) in [6.45, 7) is 4.72. The van der Waals surface area contributed by atoms with Gasteiger partial charge in [0, 0.05) is 17.6 Å². The zero-order chi connectivity index (χ0) is 19.9. The van der Waals surface area contributed by atoms with Crippen LogP contribution in [-0.2, 0) is 11.2 Å². The van der Waals surface area contributed by atoms with Gasteiger partial charge in [-0.25, -0.2) is 0 Å². The molecule has 2 aliphatic rings. The highest BCUT2D eigenvalue weighted by atomic mass is 79.9. The first kappa shape index (κ1) is 21.6. The summed E-state index contributed by atoms with van der Waals surface area (Å²) in [6.07, 6.45) is 7.00. The van der Waals surface area contributed by atoms with E-state index in [1.165, 1.54) is 29.3 Å². The molecule has 3 rings (SSSR count). The van der Waals surface area contributed by atoms with E-state index < -0.39 is 0 Å². The molecule has 0 spiro atoms. The molecule has 0 aromatic heterocycles. The van der Waals surface area contributed by atoms with Gasteiger partial charge in [0.15, 0.2) is 0 Å². The van der Waals surface area contributed by atoms with Crippen molar-refractivity contribution in [3.8, 4) is 5.75 Å². The standard InChI is InChI=1S/C22H33BrN2O3/c1-28-20-4-5-21(23)19(14-20)13-17-6-10-24(11-7-17)12-8-18-3-2-9-25(15-18)22(27)16-26/h4-5,14,17-18,26H,2-3,6-13,15-16H2,1H3. The second-order valence-corrected chi connectivity index (χ2v) is 9.10. The van der Waals surface area contributed by atoms with Crippen molar-refractivity contribution in [3.05, 3.63) is 28.2 Å². The second kappa shape index (κ2) is 10.6. The van der Waals surface area contributed by atoms with Gasteiger partial charge in [-0.1, -0.05) is 15.9 Å². The molecule has 0 bridgehead atoms. The fraction of sp³-hybridized carbons (Fsp3) is 0.682. The quantitative estimate of drug-likeness (QED) is 0.688. The molecule has 1 N–H and O–H groups in total. The monoisotopic (exact) mass is 452 g/mol. The molecule has 5 nitrogen and oxygen atoms in total. The number of carbonyl (C=O) groups excluding carboxylic acids is 1. The molecule has 0 aliphatic carbocycles. The zero-order valence-electron chi connectivity index (χ0n) is 16.9. The summed E-state index contributed by atoms with van der Waals surface area (Å²) in [5.41, 5.74) is 1.34. The normalized spacial score (nSPS) is 21.7. The van der Waals surface area contributed by atoms with Gasteiger partial charge >= 0.3 is 0 Å². The molecule has 2 heterocycles. The minimum atomic E-state index is -0.358. The maximum absolute atomic E-state index is 11.7. The van der Waals surface area contributed by atoms with E-state index in [0.29, 0.717) is 5.92 Å². The van der Waals surface area contributed by atoms with E-state index in [0.717, 1.165) is 63.7 Å². The lowest BCUT2D eigenvalue weighted by Gasteiger charge is -2.36. The number of rotatable bonds is 7. The van der Waals surface area contributed by atoms with Crippen LogP contribution in [0, 0.1) is 11.8 Å². The number of hydrogen-bond donors (Lipinski definition) is 1. The molecule has 1 aromatic carbocycles. The molecule has 1 amide bonds. The molecule has 2 saturated heterocycles. The molecule has 6 heteroatoms. The maximum Gasteiger partial charge on any atom is 0.248 e. The van der Waals surface area contributed by atoms with Crippen LogP contribution in [-0.4, -0.2) is 67.3 Å². The maximum atomic E-state index is 11.7. The third-order valence-electron chi connectivity index (χ3n) is 6.33. The average Bonchev–Trinajstić information content (AvgIpc) is 2.74. The van der Waals surface area contributed by atoms with E-state index in [4.69, 9.17) is 9.84 Å². The first-order chi connectivity index (χ1) is 13.6. The summed E-state index contributed by atoms with van der Waals surface area (Å²) in [5.74, 6) is 2.12. The van der Waals surface area contributed by atoms with Gasteiger partial charge in [-0.15, -0.1) is 0 Å². The number of benzene rings is 1. The van der Waals surface area contributed by atoms with Crippen molar-refractivity contribution in [2.24, 2.45) is 11.8 Å². The van der Waals surface area contributed by atoms with Crippen LogP contribution in [0.15, 0.2) is 22.7 Å². The number of aliphatic hydroxyl groups is 1. The average molecular weight is 453 g/mol. The number of amides is 1. The fourth-order valence-electron chi connectivity index (χ4n) is 4.55. The lowest BCUT2D eigenvalue weighted by molar-refractivity contribution is -0.136. The van der Waals surface area contributed by atoms with E-state index in [9.17, 15) is 4.79 Å². The Kier molecular flexibility index (Phi) is 8.18. The summed E-state index contributed by atoms with van der Waals surface area (Å²) in [4.78, 5) is 16.1. The number of aliphatic hydroxyl groups excluding tert-OH is 1. The second-order valence-electron chi connectivity index (χ2n) is 8.24. The Balaban J connectivity index is 1.40. The molecular formula is C22H33BrN2O3. The Morgan fingerprint density at radius 1 is 1.21 bits per heavy atom. The Hall–Kier alpha value is -1.11. The molecule has 1 atom stereocenters. The highest BCUT2D eigenvalue weighted by Gasteiger charge is 2.25. The number of piperidine rings is 2. The molecule has 0 radical (unpaired) electrons. The summed E-state index contributed by atoms with van der Waals surface area (Å²) in [7, 11) is 1.72. The topological polar surface area (TPSA) is 53.0 Å². The predicted octanol–water partition coefficient (Wildman–Crippen LogP) is 3.33. The van der Waals surface area contributed by atoms with Gasteiger partial charge in [-0.3, -0.25) is 4.79 Å². The van der Waals surface area contributed by atoms with E-state index in [2.05, 4.69) is 33.0 Å².